The fourth-order valence-electron chi connectivity index (χ4n) is 3.95. The standard InChI is InChI=1S/C26H25N7O2/c1-17-24(26(34)29-20-10-7-11-21(12-20)35-3)31-33-22(19-14-27-28-15-19)13-23(30-25(17)33)32(2)16-18-8-5-4-6-9-18/h4-15H,16H2,1-3H3,(H,27,28)(H,29,34). The summed E-state index contributed by atoms with van der Waals surface area (Å²) in [6.07, 6.45) is 3.52. The number of nitrogens with one attached hydrogen (secondary N) is 2. The van der Waals surface area contributed by atoms with Gasteiger partial charge in [0.05, 0.1) is 19.0 Å². The molecule has 0 atom stereocenters. The van der Waals surface area contributed by atoms with Gasteiger partial charge < -0.3 is 15.0 Å². The number of carbonyl (C=O) groups is 1. The lowest BCUT2D eigenvalue weighted by molar-refractivity contribution is 0.102. The average molecular weight is 468 g/mol. The second kappa shape index (κ2) is 9.30. The second-order valence-corrected chi connectivity index (χ2v) is 8.22. The largest absolute Gasteiger partial charge is 0.497 e. The first kappa shape index (κ1) is 22.1. The van der Waals surface area contributed by atoms with Gasteiger partial charge in [0.2, 0.25) is 0 Å². The minimum Gasteiger partial charge on any atom is -0.497 e. The van der Waals surface area contributed by atoms with Crippen LogP contribution in [-0.4, -0.2) is 44.9 Å². The maximum Gasteiger partial charge on any atom is 0.276 e. The first-order valence-corrected chi connectivity index (χ1v) is 11.1. The summed E-state index contributed by atoms with van der Waals surface area (Å²) >= 11 is 0. The maximum atomic E-state index is 13.2. The first-order chi connectivity index (χ1) is 17.0. The van der Waals surface area contributed by atoms with Gasteiger partial charge in [0.15, 0.2) is 11.3 Å². The Labute approximate surface area is 202 Å². The van der Waals surface area contributed by atoms with Gasteiger partial charge in [-0.05, 0) is 24.6 Å². The predicted octanol–water partition coefficient (Wildman–Crippen LogP) is 4.33. The molecule has 0 unspecified atom stereocenters. The van der Waals surface area contributed by atoms with Gasteiger partial charge in [-0.15, -0.1) is 0 Å². The summed E-state index contributed by atoms with van der Waals surface area (Å²) in [4.78, 5) is 20.1. The highest BCUT2D eigenvalue weighted by Gasteiger charge is 2.22. The van der Waals surface area contributed by atoms with Gasteiger partial charge in [-0.2, -0.15) is 10.2 Å². The maximum absolute atomic E-state index is 13.2. The third-order valence-corrected chi connectivity index (χ3v) is 5.80. The molecule has 1 amide bonds. The quantitative estimate of drug-likeness (QED) is 0.370. The Balaban J connectivity index is 1.55. The van der Waals surface area contributed by atoms with Crippen molar-refractivity contribution in [1.82, 2.24) is 24.8 Å². The topological polar surface area (TPSA) is 100 Å². The van der Waals surface area contributed by atoms with E-state index in [1.54, 1.807) is 36.2 Å². The van der Waals surface area contributed by atoms with Crippen LogP contribution in [0, 0.1) is 6.92 Å². The van der Waals surface area contributed by atoms with Crippen LogP contribution >= 0.6 is 0 Å². The Morgan fingerprint density at radius 2 is 1.97 bits per heavy atom. The van der Waals surface area contributed by atoms with Gasteiger partial charge >= 0.3 is 0 Å². The van der Waals surface area contributed by atoms with E-state index in [1.807, 2.05) is 50.4 Å². The van der Waals surface area contributed by atoms with E-state index in [0.717, 1.165) is 17.1 Å². The second-order valence-electron chi connectivity index (χ2n) is 8.22. The van der Waals surface area contributed by atoms with Gasteiger partial charge in [-0.1, -0.05) is 36.4 Å². The van der Waals surface area contributed by atoms with E-state index in [1.165, 1.54) is 5.56 Å². The number of aryl methyl sites for hydroxylation is 1. The Hall–Kier alpha value is -4.66. The van der Waals surface area contributed by atoms with Crippen LogP contribution in [0.5, 0.6) is 5.75 Å². The summed E-state index contributed by atoms with van der Waals surface area (Å²) in [5.41, 5.74) is 5.01. The highest BCUT2D eigenvalue weighted by molar-refractivity contribution is 6.05. The number of aromatic amines is 1. The molecule has 3 heterocycles. The lowest BCUT2D eigenvalue weighted by Crippen LogP contribution is -2.18. The fourth-order valence-corrected chi connectivity index (χ4v) is 3.95. The zero-order valence-electron chi connectivity index (χ0n) is 19.7. The van der Waals surface area contributed by atoms with E-state index in [2.05, 4.69) is 37.6 Å². The molecule has 5 aromatic rings. The van der Waals surface area contributed by atoms with Crippen LogP contribution in [0.1, 0.15) is 21.6 Å². The molecule has 0 radical (unpaired) electrons. The van der Waals surface area contributed by atoms with Crippen molar-refractivity contribution in [2.45, 2.75) is 13.5 Å². The van der Waals surface area contributed by atoms with Crippen LogP contribution < -0.4 is 15.0 Å². The van der Waals surface area contributed by atoms with Crippen LogP contribution in [0.15, 0.2) is 73.1 Å². The number of carbonyl (C=O) groups excluding carboxylic acids is 1. The molecular weight excluding hydrogens is 442 g/mol. The minimum atomic E-state index is -0.321. The molecular formula is C26H25N7O2. The van der Waals surface area contributed by atoms with Crippen molar-refractivity contribution in [3.05, 3.63) is 89.9 Å². The van der Waals surface area contributed by atoms with Crippen molar-refractivity contribution in [2.75, 3.05) is 24.4 Å². The van der Waals surface area contributed by atoms with Crippen LogP contribution in [-0.2, 0) is 6.54 Å². The van der Waals surface area contributed by atoms with Crippen molar-refractivity contribution in [2.24, 2.45) is 0 Å². The number of ether oxygens (including phenoxy) is 1. The van der Waals surface area contributed by atoms with Crippen molar-refractivity contribution in [3.8, 4) is 17.0 Å². The monoisotopic (exact) mass is 467 g/mol. The Bertz CT molecular complexity index is 1480. The molecule has 0 fully saturated rings. The predicted molar refractivity (Wildman–Crippen MR) is 135 cm³/mol. The van der Waals surface area contributed by atoms with Gasteiger partial charge in [-0.3, -0.25) is 9.89 Å². The molecule has 0 bridgehead atoms. The molecule has 176 valence electrons. The lowest BCUT2D eigenvalue weighted by Gasteiger charge is -2.19. The van der Waals surface area contributed by atoms with Crippen LogP contribution in [0.4, 0.5) is 11.5 Å². The number of fused-ring (bicyclic) bond motifs is 1. The Morgan fingerprint density at radius 3 is 2.71 bits per heavy atom. The van der Waals surface area contributed by atoms with Crippen LogP contribution in [0.2, 0.25) is 0 Å². The summed E-state index contributed by atoms with van der Waals surface area (Å²) in [7, 11) is 3.58. The number of H-pyrrole nitrogens is 1. The fraction of sp³-hybridized carbons (Fsp3) is 0.154. The van der Waals surface area contributed by atoms with Crippen molar-refractivity contribution >= 4 is 23.1 Å². The number of benzene rings is 2. The smallest absolute Gasteiger partial charge is 0.276 e. The molecule has 5 rings (SSSR count). The van der Waals surface area contributed by atoms with E-state index in [9.17, 15) is 4.79 Å². The van der Waals surface area contributed by atoms with Gasteiger partial charge in [-0.25, -0.2) is 9.50 Å². The van der Waals surface area contributed by atoms with E-state index in [-0.39, 0.29) is 5.91 Å². The molecule has 3 aromatic heterocycles. The zero-order chi connectivity index (χ0) is 24.4. The molecule has 9 nitrogen and oxygen atoms in total. The first-order valence-electron chi connectivity index (χ1n) is 11.1. The van der Waals surface area contributed by atoms with E-state index in [4.69, 9.17) is 9.72 Å². The molecule has 2 N–H and O–H groups in total. The number of hydrogen-bond acceptors (Lipinski definition) is 6. The van der Waals surface area contributed by atoms with Crippen LogP contribution in [0.25, 0.3) is 16.9 Å². The number of amides is 1. The molecule has 0 aliphatic carbocycles. The van der Waals surface area contributed by atoms with Gasteiger partial charge in [0.25, 0.3) is 5.91 Å². The summed E-state index contributed by atoms with van der Waals surface area (Å²) in [5.74, 6) is 1.10. The molecule has 0 spiro atoms. The van der Waals surface area contributed by atoms with Crippen molar-refractivity contribution in [1.29, 1.82) is 0 Å². The van der Waals surface area contributed by atoms with E-state index in [0.29, 0.717) is 34.9 Å². The molecule has 0 aliphatic heterocycles. The Kier molecular flexibility index (Phi) is 5.88. The molecule has 0 saturated carbocycles. The number of anilines is 2. The number of aromatic nitrogens is 5. The highest BCUT2D eigenvalue weighted by Crippen LogP contribution is 2.27. The SMILES string of the molecule is COc1cccc(NC(=O)c2nn3c(-c4cn[nH]c4)cc(N(C)Cc4ccccc4)nc3c2C)c1. The summed E-state index contributed by atoms with van der Waals surface area (Å²) in [6, 6.07) is 19.4. The molecule has 0 aliphatic rings. The number of methoxy groups -OCH3 is 1. The highest BCUT2D eigenvalue weighted by atomic mass is 16.5. The average Bonchev–Trinajstić information content (AvgIpc) is 3.53. The van der Waals surface area contributed by atoms with E-state index < -0.39 is 0 Å². The third-order valence-electron chi connectivity index (χ3n) is 5.80. The molecule has 0 saturated heterocycles. The molecule has 9 heteroatoms. The van der Waals surface area contributed by atoms with Crippen molar-refractivity contribution in [3.63, 3.8) is 0 Å². The number of hydrogen-bond donors (Lipinski definition) is 2. The van der Waals surface area contributed by atoms with Gasteiger partial charge in [0.1, 0.15) is 11.6 Å². The van der Waals surface area contributed by atoms with Crippen LogP contribution in [0.3, 0.4) is 0 Å². The summed E-state index contributed by atoms with van der Waals surface area (Å²) in [6.45, 7) is 2.54. The number of rotatable bonds is 7. The summed E-state index contributed by atoms with van der Waals surface area (Å²) in [5, 5.41) is 14.5. The zero-order valence-corrected chi connectivity index (χ0v) is 19.7. The molecule has 2 aromatic carbocycles. The minimum absolute atomic E-state index is 0.299. The van der Waals surface area contributed by atoms with E-state index >= 15 is 0 Å². The van der Waals surface area contributed by atoms with Crippen molar-refractivity contribution < 1.29 is 9.53 Å². The normalized spacial score (nSPS) is 10.9. The molecule has 35 heavy (non-hydrogen) atoms. The van der Waals surface area contributed by atoms with Gasteiger partial charge in [0, 0.05) is 48.7 Å². The number of nitrogens with zero attached hydrogens (tertiary/aromatic N) is 5. The third kappa shape index (κ3) is 4.43. The lowest BCUT2D eigenvalue weighted by atomic mass is 10.2. The Morgan fingerprint density at radius 1 is 1.14 bits per heavy atom. The summed E-state index contributed by atoms with van der Waals surface area (Å²) < 4.78 is 6.95.